The van der Waals surface area contributed by atoms with E-state index in [1.54, 1.807) is 7.11 Å². The van der Waals surface area contributed by atoms with Crippen LogP contribution in [0.1, 0.15) is 32.3 Å². The molecule has 0 heterocycles. The van der Waals surface area contributed by atoms with Crippen LogP contribution >= 0.6 is 0 Å². The Morgan fingerprint density at radius 2 is 2.05 bits per heavy atom. The molecule has 0 bridgehead atoms. The van der Waals surface area contributed by atoms with Crippen molar-refractivity contribution in [3.05, 3.63) is 29.3 Å². The SMILES string of the molecule is CCCOc1ccc(C=C(CC)CNC)cc1OC. The topological polar surface area (TPSA) is 30.5 Å². The van der Waals surface area contributed by atoms with E-state index in [0.29, 0.717) is 6.61 Å². The summed E-state index contributed by atoms with van der Waals surface area (Å²) in [6, 6.07) is 6.07. The smallest absolute Gasteiger partial charge is 0.161 e. The van der Waals surface area contributed by atoms with Gasteiger partial charge in [0.05, 0.1) is 13.7 Å². The number of hydrogen-bond donors (Lipinski definition) is 1. The molecule has 1 aromatic rings. The standard InChI is InChI=1S/C16H25NO2/c1-5-9-19-15-8-7-14(11-16(15)18-4)10-13(6-2)12-17-3/h7-8,10-11,17H,5-6,9,12H2,1-4H3. The van der Waals surface area contributed by atoms with Crippen LogP contribution < -0.4 is 14.8 Å². The first-order chi connectivity index (χ1) is 9.24. The fourth-order valence-electron chi connectivity index (χ4n) is 1.85. The van der Waals surface area contributed by atoms with E-state index in [0.717, 1.165) is 36.4 Å². The van der Waals surface area contributed by atoms with Crippen LogP contribution in [0.25, 0.3) is 6.08 Å². The first kappa shape index (κ1) is 15.6. The Balaban J connectivity index is 2.92. The van der Waals surface area contributed by atoms with Gasteiger partial charge in [0, 0.05) is 6.54 Å². The second-order valence-corrected chi connectivity index (χ2v) is 4.45. The van der Waals surface area contributed by atoms with Crippen LogP contribution in [0.3, 0.4) is 0 Å². The fourth-order valence-corrected chi connectivity index (χ4v) is 1.85. The zero-order valence-corrected chi connectivity index (χ0v) is 12.5. The highest BCUT2D eigenvalue weighted by Gasteiger charge is 2.05. The molecule has 0 aliphatic heterocycles. The van der Waals surface area contributed by atoms with Gasteiger partial charge < -0.3 is 14.8 Å². The second kappa shape index (κ2) is 8.59. The monoisotopic (exact) mass is 263 g/mol. The summed E-state index contributed by atoms with van der Waals surface area (Å²) < 4.78 is 11.0. The average Bonchev–Trinajstić information content (AvgIpc) is 2.45. The fraction of sp³-hybridized carbons (Fsp3) is 0.500. The highest BCUT2D eigenvalue weighted by molar-refractivity contribution is 5.58. The molecule has 0 saturated carbocycles. The van der Waals surface area contributed by atoms with E-state index in [2.05, 4.69) is 31.3 Å². The van der Waals surface area contributed by atoms with Crippen LogP contribution in [0.5, 0.6) is 11.5 Å². The predicted molar refractivity (Wildman–Crippen MR) is 81.0 cm³/mol. The first-order valence-corrected chi connectivity index (χ1v) is 6.90. The number of benzene rings is 1. The van der Waals surface area contributed by atoms with Crippen molar-refractivity contribution in [3.63, 3.8) is 0 Å². The maximum Gasteiger partial charge on any atom is 0.161 e. The average molecular weight is 263 g/mol. The Morgan fingerprint density at radius 1 is 1.26 bits per heavy atom. The molecule has 0 aliphatic carbocycles. The molecule has 106 valence electrons. The van der Waals surface area contributed by atoms with Crippen LogP contribution in [0.2, 0.25) is 0 Å². The molecule has 19 heavy (non-hydrogen) atoms. The van der Waals surface area contributed by atoms with Gasteiger partial charge in [0.15, 0.2) is 11.5 Å². The van der Waals surface area contributed by atoms with Crippen molar-refractivity contribution in [2.45, 2.75) is 26.7 Å². The molecule has 0 saturated heterocycles. The summed E-state index contributed by atoms with van der Waals surface area (Å²) in [4.78, 5) is 0. The zero-order valence-electron chi connectivity index (χ0n) is 12.5. The van der Waals surface area contributed by atoms with E-state index in [1.807, 2.05) is 19.2 Å². The molecule has 3 nitrogen and oxygen atoms in total. The Bertz CT molecular complexity index is 413. The Hall–Kier alpha value is -1.48. The van der Waals surface area contributed by atoms with E-state index in [4.69, 9.17) is 9.47 Å². The van der Waals surface area contributed by atoms with Gasteiger partial charge in [0.2, 0.25) is 0 Å². The summed E-state index contributed by atoms with van der Waals surface area (Å²) in [7, 11) is 3.64. The zero-order chi connectivity index (χ0) is 14.1. The van der Waals surface area contributed by atoms with Crippen LogP contribution in [-0.2, 0) is 0 Å². The van der Waals surface area contributed by atoms with Crippen LogP contribution in [0.4, 0.5) is 0 Å². The normalized spacial score (nSPS) is 11.5. The summed E-state index contributed by atoms with van der Waals surface area (Å²) in [6.45, 7) is 5.88. The predicted octanol–water partition coefficient (Wildman–Crippen LogP) is 3.50. The number of nitrogens with one attached hydrogen (secondary N) is 1. The molecule has 1 aromatic carbocycles. The minimum atomic E-state index is 0.714. The maximum atomic E-state index is 5.65. The summed E-state index contributed by atoms with van der Waals surface area (Å²) in [6.07, 6.45) is 4.23. The molecule has 0 aliphatic rings. The van der Waals surface area contributed by atoms with Crippen molar-refractivity contribution < 1.29 is 9.47 Å². The Kier molecular flexibility index (Phi) is 7.04. The molecule has 0 spiro atoms. The molecule has 0 unspecified atom stereocenters. The Labute approximate surface area is 116 Å². The van der Waals surface area contributed by atoms with Gasteiger partial charge in [0.25, 0.3) is 0 Å². The molecule has 1 rings (SSSR count). The first-order valence-electron chi connectivity index (χ1n) is 6.90. The maximum absolute atomic E-state index is 5.65. The van der Waals surface area contributed by atoms with Gasteiger partial charge in [-0.05, 0) is 37.6 Å². The largest absolute Gasteiger partial charge is 0.493 e. The van der Waals surface area contributed by atoms with Crippen LogP contribution in [0.15, 0.2) is 23.8 Å². The van der Waals surface area contributed by atoms with Crippen LogP contribution in [0, 0.1) is 0 Å². The Morgan fingerprint density at radius 3 is 2.63 bits per heavy atom. The highest BCUT2D eigenvalue weighted by atomic mass is 16.5. The molecule has 0 atom stereocenters. The van der Waals surface area contributed by atoms with Gasteiger partial charge in [-0.25, -0.2) is 0 Å². The summed E-state index contributed by atoms with van der Waals surface area (Å²) in [5.74, 6) is 1.61. The number of hydrogen-bond acceptors (Lipinski definition) is 3. The van der Waals surface area contributed by atoms with Crippen molar-refractivity contribution in [1.29, 1.82) is 0 Å². The summed E-state index contributed by atoms with van der Waals surface area (Å²) in [5, 5.41) is 3.18. The third kappa shape index (κ3) is 4.95. The van der Waals surface area contributed by atoms with Gasteiger partial charge in [-0.15, -0.1) is 0 Å². The molecule has 0 fully saturated rings. The highest BCUT2D eigenvalue weighted by Crippen LogP contribution is 2.29. The molecular formula is C16H25NO2. The van der Waals surface area contributed by atoms with Crippen molar-refractivity contribution in [1.82, 2.24) is 5.32 Å². The molecule has 0 amide bonds. The minimum Gasteiger partial charge on any atom is -0.493 e. The van der Waals surface area contributed by atoms with Gasteiger partial charge in [-0.3, -0.25) is 0 Å². The van der Waals surface area contributed by atoms with E-state index in [9.17, 15) is 0 Å². The lowest BCUT2D eigenvalue weighted by atomic mass is 10.1. The lowest BCUT2D eigenvalue weighted by molar-refractivity contribution is 0.294. The number of methoxy groups -OCH3 is 1. The van der Waals surface area contributed by atoms with Crippen LogP contribution in [-0.4, -0.2) is 27.3 Å². The van der Waals surface area contributed by atoms with Gasteiger partial charge >= 0.3 is 0 Å². The van der Waals surface area contributed by atoms with Crippen molar-refractivity contribution in [2.75, 3.05) is 27.3 Å². The van der Waals surface area contributed by atoms with Gasteiger partial charge in [-0.2, -0.15) is 0 Å². The van der Waals surface area contributed by atoms with E-state index < -0.39 is 0 Å². The summed E-state index contributed by atoms with van der Waals surface area (Å²) >= 11 is 0. The van der Waals surface area contributed by atoms with E-state index in [1.165, 1.54) is 5.57 Å². The molecule has 0 aromatic heterocycles. The molecule has 3 heteroatoms. The van der Waals surface area contributed by atoms with E-state index in [-0.39, 0.29) is 0 Å². The van der Waals surface area contributed by atoms with Crippen molar-refractivity contribution >= 4 is 6.08 Å². The number of rotatable bonds is 8. The minimum absolute atomic E-state index is 0.714. The molecule has 0 radical (unpaired) electrons. The quantitative estimate of drug-likeness (QED) is 0.778. The number of likely N-dealkylation sites (N-methyl/N-ethyl adjacent to an activating group) is 1. The van der Waals surface area contributed by atoms with Gasteiger partial charge in [0.1, 0.15) is 0 Å². The van der Waals surface area contributed by atoms with Crippen molar-refractivity contribution in [3.8, 4) is 11.5 Å². The molecular weight excluding hydrogens is 238 g/mol. The lowest BCUT2D eigenvalue weighted by Gasteiger charge is -2.11. The third-order valence-electron chi connectivity index (χ3n) is 2.88. The lowest BCUT2D eigenvalue weighted by Crippen LogP contribution is -2.09. The van der Waals surface area contributed by atoms with E-state index >= 15 is 0 Å². The van der Waals surface area contributed by atoms with Crippen molar-refractivity contribution in [2.24, 2.45) is 0 Å². The summed E-state index contributed by atoms with van der Waals surface area (Å²) in [5.41, 5.74) is 2.51. The molecule has 1 N–H and O–H groups in total. The second-order valence-electron chi connectivity index (χ2n) is 4.45. The third-order valence-corrected chi connectivity index (χ3v) is 2.88. The van der Waals surface area contributed by atoms with Gasteiger partial charge in [-0.1, -0.05) is 31.6 Å². The number of ether oxygens (including phenoxy) is 2.